The minimum absolute atomic E-state index is 0.688. The second-order valence-corrected chi connectivity index (χ2v) is 19.4. The number of rotatable bonds is 10. The molecule has 4 heteroatoms. The highest BCUT2D eigenvalue weighted by molar-refractivity contribution is 6.12. The Hall–Kier alpha value is -9.64. The van der Waals surface area contributed by atoms with Crippen molar-refractivity contribution in [2.24, 2.45) is 0 Å². The summed E-state index contributed by atoms with van der Waals surface area (Å²) in [4.78, 5) is 10.8. The molecule has 0 saturated carbocycles. The first-order chi connectivity index (χ1) is 36.6. The molecule has 0 unspecified atom stereocenters. The highest BCUT2D eigenvalue weighted by atomic mass is 15.0. The number of para-hydroxylation sites is 2. The molecule has 0 aliphatic carbocycles. The zero-order valence-corrected chi connectivity index (χ0v) is 40.6. The minimum Gasteiger partial charge on any atom is -0.336 e. The molecule has 0 spiro atoms. The molecule has 0 N–H and O–H groups in total. The first kappa shape index (κ1) is 43.2. The lowest BCUT2D eigenvalue weighted by atomic mass is 10.00. The zero-order chi connectivity index (χ0) is 49.0. The van der Waals surface area contributed by atoms with Gasteiger partial charge in [0.25, 0.3) is 0 Å². The van der Waals surface area contributed by atoms with Gasteiger partial charge in [-0.3, -0.25) is 0 Å². The second-order valence-electron chi connectivity index (χ2n) is 19.4. The predicted octanol–water partition coefficient (Wildman–Crippen LogP) is 17.9. The smallest absolute Gasteiger partial charge is 0.0973 e. The van der Waals surface area contributed by atoms with Crippen molar-refractivity contribution in [3.63, 3.8) is 0 Å². The van der Waals surface area contributed by atoms with E-state index in [-0.39, 0.29) is 0 Å². The fourth-order valence-corrected chi connectivity index (χ4v) is 11.2. The van der Waals surface area contributed by atoms with E-state index in [1.807, 2.05) is 12.1 Å². The van der Waals surface area contributed by atoms with Gasteiger partial charge in [-0.05, 0) is 128 Å². The van der Waals surface area contributed by atoms with E-state index in [0.29, 0.717) is 13.1 Å². The van der Waals surface area contributed by atoms with Crippen molar-refractivity contribution in [1.82, 2.24) is 19.1 Å². The van der Waals surface area contributed by atoms with Crippen LogP contribution in [-0.4, -0.2) is 19.1 Å². The van der Waals surface area contributed by atoms with Crippen LogP contribution in [0.1, 0.15) is 11.1 Å². The number of hydrogen-bond acceptors (Lipinski definition) is 2. The van der Waals surface area contributed by atoms with E-state index in [1.54, 1.807) is 0 Å². The summed E-state index contributed by atoms with van der Waals surface area (Å²) in [6.07, 6.45) is 0. The van der Waals surface area contributed by atoms with Crippen LogP contribution in [0, 0.1) is 0 Å². The normalized spacial score (nSPS) is 11.6. The topological polar surface area (TPSA) is 35.6 Å². The Morgan fingerprint density at radius 3 is 0.824 bits per heavy atom. The fourth-order valence-electron chi connectivity index (χ4n) is 11.2. The molecule has 0 aliphatic rings. The quantitative estimate of drug-likeness (QED) is 0.137. The third-order valence-electron chi connectivity index (χ3n) is 14.8. The van der Waals surface area contributed by atoms with Gasteiger partial charge in [0, 0.05) is 67.8 Å². The van der Waals surface area contributed by atoms with Crippen LogP contribution in [0.3, 0.4) is 0 Å². The van der Waals surface area contributed by atoms with Gasteiger partial charge < -0.3 is 9.13 Å². The van der Waals surface area contributed by atoms with E-state index in [9.17, 15) is 0 Å². The van der Waals surface area contributed by atoms with Crippen molar-refractivity contribution in [1.29, 1.82) is 0 Å². The third-order valence-corrected chi connectivity index (χ3v) is 14.8. The fraction of sp³-hybridized carbons (Fsp3) is 0.0286. The summed E-state index contributed by atoms with van der Waals surface area (Å²) in [7, 11) is 0. The molecule has 14 rings (SSSR count). The average molecular weight is 945 g/mol. The van der Waals surface area contributed by atoms with E-state index >= 15 is 0 Å². The lowest BCUT2D eigenvalue weighted by Gasteiger charge is -2.14. The number of nitrogens with zero attached hydrogens (tertiary/aromatic N) is 4. The summed E-state index contributed by atoms with van der Waals surface area (Å²) in [5, 5.41) is 4.97. The maximum atomic E-state index is 5.42. The third kappa shape index (κ3) is 7.81. The molecule has 4 nitrogen and oxygen atoms in total. The molecule has 3 heterocycles. The van der Waals surface area contributed by atoms with Crippen LogP contribution in [-0.2, 0) is 13.1 Å². The molecule has 0 saturated heterocycles. The molecule has 0 amide bonds. The van der Waals surface area contributed by atoms with Crippen LogP contribution in [0.5, 0.6) is 0 Å². The summed E-state index contributed by atoms with van der Waals surface area (Å²) >= 11 is 0. The molecule has 3 aromatic heterocycles. The van der Waals surface area contributed by atoms with Gasteiger partial charge >= 0.3 is 0 Å². The summed E-state index contributed by atoms with van der Waals surface area (Å²) in [6, 6.07) is 96.5. The molecule has 348 valence electrons. The van der Waals surface area contributed by atoms with Crippen molar-refractivity contribution in [2.75, 3.05) is 0 Å². The average Bonchev–Trinajstić information content (AvgIpc) is 3.95. The number of benzene rings is 11. The van der Waals surface area contributed by atoms with Crippen LogP contribution in [0.15, 0.2) is 267 Å². The summed E-state index contributed by atoms with van der Waals surface area (Å²) in [5.41, 5.74) is 22.4. The van der Waals surface area contributed by atoms with Gasteiger partial charge in [0.1, 0.15) is 0 Å². The van der Waals surface area contributed by atoms with Gasteiger partial charge in [-0.1, -0.05) is 194 Å². The van der Waals surface area contributed by atoms with Gasteiger partial charge in [0.05, 0.1) is 22.4 Å². The van der Waals surface area contributed by atoms with Gasteiger partial charge in [-0.2, -0.15) is 0 Å². The van der Waals surface area contributed by atoms with Crippen molar-refractivity contribution >= 4 is 54.6 Å². The Morgan fingerprint density at radius 2 is 0.514 bits per heavy atom. The molecule has 0 fully saturated rings. The predicted molar refractivity (Wildman–Crippen MR) is 309 cm³/mol. The Balaban J connectivity index is 0.859. The van der Waals surface area contributed by atoms with Crippen molar-refractivity contribution < 1.29 is 0 Å². The van der Waals surface area contributed by atoms with Crippen LogP contribution in [0.4, 0.5) is 0 Å². The Bertz CT molecular complexity index is 3920. The Morgan fingerprint density at radius 1 is 0.230 bits per heavy atom. The summed E-state index contributed by atoms with van der Waals surface area (Å²) in [6.45, 7) is 1.38. The summed E-state index contributed by atoms with van der Waals surface area (Å²) < 4.78 is 4.95. The monoisotopic (exact) mass is 944 g/mol. The zero-order valence-electron chi connectivity index (χ0n) is 40.6. The van der Waals surface area contributed by atoms with Gasteiger partial charge in [0.15, 0.2) is 0 Å². The second kappa shape index (κ2) is 18.2. The van der Waals surface area contributed by atoms with Gasteiger partial charge in [-0.25, -0.2) is 9.97 Å². The molecule has 11 aromatic carbocycles. The Labute approximate surface area is 429 Å². The molecule has 0 atom stereocenters. The standard InChI is InChI=1S/C70H48N4/c1-5-19-49(20-6-1)53-31-35-65-59(41-53)60-42-54(50-21-7-2-8-22-50)32-36-66(60)73(65)45-47-17-15-27-57(39-47)69-70(72-64-30-14-13-29-63(64)71-69)58-28-16-18-48(40-58)46-74-67-37-33-55(51-23-9-3-10-24-51)43-61(67)62-44-56(34-38-68(62)74)52-25-11-4-12-26-52/h1-44H,45-46H2. The molecule has 14 aromatic rings. The molecule has 0 aliphatic heterocycles. The highest BCUT2D eigenvalue weighted by Crippen LogP contribution is 2.39. The number of aromatic nitrogens is 4. The van der Waals surface area contributed by atoms with E-state index in [2.05, 4.69) is 264 Å². The maximum absolute atomic E-state index is 5.42. The molecule has 74 heavy (non-hydrogen) atoms. The van der Waals surface area contributed by atoms with Gasteiger partial charge in [0.2, 0.25) is 0 Å². The van der Waals surface area contributed by atoms with E-state index in [0.717, 1.165) is 33.5 Å². The number of hydrogen-bond donors (Lipinski definition) is 0. The minimum atomic E-state index is 0.688. The number of fused-ring (bicyclic) bond motifs is 7. The van der Waals surface area contributed by atoms with Crippen molar-refractivity contribution in [2.45, 2.75) is 13.1 Å². The molecular weight excluding hydrogens is 897 g/mol. The first-order valence-corrected chi connectivity index (χ1v) is 25.4. The molecule has 0 bridgehead atoms. The largest absolute Gasteiger partial charge is 0.336 e. The Kier molecular flexibility index (Phi) is 10.6. The lowest BCUT2D eigenvalue weighted by Crippen LogP contribution is -2.02. The van der Waals surface area contributed by atoms with E-state index in [1.165, 1.54) is 99.2 Å². The van der Waals surface area contributed by atoms with E-state index in [4.69, 9.17) is 9.97 Å². The first-order valence-electron chi connectivity index (χ1n) is 25.4. The SMILES string of the molecule is c1ccc(-c2ccc3c(c2)c2cc(-c4ccccc4)ccc2n3Cc2cccc(-c3nc4ccccc4nc3-c3cccc(Cn4c5ccc(-c6ccccc6)cc5c5cc(-c6ccccc6)ccc54)c3)c2)cc1. The lowest BCUT2D eigenvalue weighted by molar-refractivity contribution is 0.869. The highest BCUT2D eigenvalue weighted by Gasteiger charge is 2.19. The van der Waals surface area contributed by atoms with E-state index < -0.39 is 0 Å². The summed E-state index contributed by atoms with van der Waals surface area (Å²) in [5.74, 6) is 0. The van der Waals surface area contributed by atoms with Crippen LogP contribution in [0.25, 0.3) is 122 Å². The molecular formula is C70H48N4. The van der Waals surface area contributed by atoms with Gasteiger partial charge in [-0.15, -0.1) is 0 Å². The van der Waals surface area contributed by atoms with Crippen LogP contribution >= 0.6 is 0 Å². The maximum Gasteiger partial charge on any atom is 0.0973 e. The van der Waals surface area contributed by atoms with Crippen molar-refractivity contribution in [3.05, 3.63) is 278 Å². The van der Waals surface area contributed by atoms with Crippen LogP contribution in [0.2, 0.25) is 0 Å². The van der Waals surface area contributed by atoms with Crippen LogP contribution < -0.4 is 0 Å². The molecule has 0 radical (unpaired) electrons. The van der Waals surface area contributed by atoms with Crippen molar-refractivity contribution in [3.8, 4) is 67.0 Å².